The molecule has 1 aromatic carbocycles. The molecule has 0 radical (unpaired) electrons. The number of pyridine rings is 1. The summed E-state index contributed by atoms with van der Waals surface area (Å²) in [6.07, 6.45) is 2.68. The number of hydrogen-bond acceptors (Lipinski definition) is 4. The third-order valence-electron chi connectivity index (χ3n) is 3.62. The molecular formula is C17H23N3O2S. The molecule has 23 heavy (non-hydrogen) atoms. The second-order valence-electron chi connectivity index (χ2n) is 5.37. The van der Waals surface area contributed by atoms with Gasteiger partial charge in [-0.05, 0) is 43.7 Å². The Balaban J connectivity index is 1.86. The smallest absolute Gasteiger partial charge is 0.232 e. The average Bonchev–Trinajstić information content (AvgIpc) is 2.56. The molecule has 0 saturated heterocycles. The lowest BCUT2D eigenvalue weighted by atomic mass is 10.1. The molecule has 0 saturated carbocycles. The first-order chi connectivity index (χ1) is 11.0. The molecule has 124 valence electrons. The van der Waals surface area contributed by atoms with E-state index in [-0.39, 0.29) is 11.8 Å². The summed E-state index contributed by atoms with van der Waals surface area (Å²) < 4.78 is 25.6. The highest BCUT2D eigenvalue weighted by molar-refractivity contribution is 7.92. The first kappa shape index (κ1) is 17.4. The van der Waals surface area contributed by atoms with Crippen LogP contribution in [-0.2, 0) is 16.4 Å². The Hall–Kier alpha value is -1.92. The van der Waals surface area contributed by atoms with Gasteiger partial charge in [0, 0.05) is 36.6 Å². The number of nitrogens with one attached hydrogen (secondary N) is 2. The number of nitrogens with zero attached hydrogens (tertiary/aromatic N) is 1. The largest absolute Gasteiger partial charge is 0.310 e. The van der Waals surface area contributed by atoms with Gasteiger partial charge in [0.25, 0.3) is 0 Å². The van der Waals surface area contributed by atoms with Crippen LogP contribution < -0.4 is 10.0 Å². The molecule has 5 nitrogen and oxygen atoms in total. The third kappa shape index (κ3) is 5.65. The fourth-order valence-electron chi connectivity index (χ4n) is 2.17. The maximum Gasteiger partial charge on any atom is 0.232 e. The lowest BCUT2D eigenvalue weighted by Crippen LogP contribution is -2.21. The summed E-state index contributed by atoms with van der Waals surface area (Å²) >= 11 is 0. The van der Waals surface area contributed by atoms with Crippen LogP contribution in [-0.4, -0.2) is 25.7 Å². The van der Waals surface area contributed by atoms with Crippen LogP contribution in [0, 0.1) is 0 Å². The summed E-state index contributed by atoms with van der Waals surface area (Å²) in [7, 11) is -3.22. The van der Waals surface area contributed by atoms with E-state index in [4.69, 9.17) is 0 Å². The van der Waals surface area contributed by atoms with Crippen molar-refractivity contribution in [3.05, 3.63) is 59.9 Å². The van der Waals surface area contributed by atoms with Crippen molar-refractivity contribution >= 4 is 15.7 Å². The average molecular weight is 333 g/mol. The Kier molecular flexibility index (Phi) is 6.12. The molecule has 0 aliphatic heterocycles. The molecule has 1 heterocycles. The number of sulfonamides is 1. The Labute approximate surface area is 138 Å². The van der Waals surface area contributed by atoms with Crippen LogP contribution in [0.1, 0.15) is 31.1 Å². The van der Waals surface area contributed by atoms with Crippen LogP contribution >= 0.6 is 0 Å². The predicted octanol–water partition coefficient (Wildman–Crippen LogP) is 2.74. The maximum atomic E-state index is 11.5. The van der Waals surface area contributed by atoms with E-state index in [0.717, 1.165) is 24.2 Å². The third-order valence-corrected chi connectivity index (χ3v) is 4.93. The zero-order valence-corrected chi connectivity index (χ0v) is 14.3. The molecule has 0 aliphatic rings. The summed E-state index contributed by atoms with van der Waals surface area (Å²) in [5.41, 5.74) is 2.78. The van der Waals surface area contributed by atoms with E-state index in [0.29, 0.717) is 5.69 Å². The molecule has 0 fully saturated rings. The van der Waals surface area contributed by atoms with Crippen molar-refractivity contribution in [2.75, 3.05) is 17.0 Å². The molecule has 6 heteroatoms. The molecule has 0 spiro atoms. The quantitative estimate of drug-likeness (QED) is 0.779. The van der Waals surface area contributed by atoms with Gasteiger partial charge >= 0.3 is 0 Å². The van der Waals surface area contributed by atoms with E-state index in [2.05, 4.69) is 21.9 Å². The van der Waals surface area contributed by atoms with Crippen molar-refractivity contribution in [3.63, 3.8) is 0 Å². The van der Waals surface area contributed by atoms with E-state index < -0.39 is 10.0 Å². The first-order valence-electron chi connectivity index (χ1n) is 7.74. The van der Waals surface area contributed by atoms with Crippen molar-refractivity contribution in [2.24, 2.45) is 0 Å². The van der Waals surface area contributed by atoms with E-state index >= 15 is 0 Å². The van der Waals surface area contributed by atoms with E-state index in [1.807, 2.05) is 30.3 Å². The minimum absolute atomic E-state index is 0.0697. The number of rotatable bonds is 8. The predicted molar refractivity (Wildman–Crippen MR) is 93.9 cm³/mol. The number of anilines is 1. The van der Waals surface area contributed by atoms with Crippen molar-refractivity contribution in [1.29, 1.82) is 0 Å². The van der Waals surface area contributed by atoms with Crippen LogP contribution in [0.25, 0.3) is 0 Å². The molecule has 1 aromatic heterocycles. The van der Waals surface area contributed by atoms with Gasteiger partial charge in [-0.25, -0.2) is 8.42 Å². The lowest BCUT2D eigenvalue weighted by molar-refractivity contribution is 0.574. The molecule has 2 N–H and O–H groups in total. The fourth-order valence-corrected chi connectivity index (χ4v) is 2.81. The van der Waals surface area contributed by atoms with Crippen molar-refractivity contribution in [3.8, 4) is 0 Å². The summed E-state index contributed by atoms with van der Waals surface area (Å²) in [6.45, 7) is 4.54. The van der Waals surface area contributed by atoms with Gasteiger partial charge in [-0.1, -0.05) is 18.2 Å². The van der Waals surface area contributed by atoms with Gasteiger partial charge in [0.05, 0.1) is 5.75 Å². The molecule has 0 aliphatic carbocycles. The summed E-state index contributed by atoms with van der Waals surface area (Å²) in [5, 5.41) is 3.45. The lowest BCUT2D eigenvalue weighted by Gasteiger charge is -2.15. The second-order valence-corrected chi connectivity index (χ2v) is 7.39. The van der Waals surface area contributed by atoms with Gasteiger partial charge in [-0.15, -0.1) is 0 Å². The Morgan fingerprint density at radius 2 is 1.87 bits per heavy atom. The van der Waals surface area contributed by atoms with Crippen LogP contribution in [0.3, 0.4) is 0 Å². The minimum Gasteiger partial charge on any atom is -0.310 e. The van der Waals surface area contributed by atoms with Crippen molar-refractivity contribution < 1.29 is 8.42 Å². The second kappa shape index (κ2) is 8.08. The van der Waals surface area contributed by atoms with E-state index in [1.165, 1.54) is 0 Å². The summed E-state index contributed by atoms with van der Waals surface area (Å²) in [6, 6.07) is 13.6. The fraction of sp³-hybridized carbons (Fsp3) is 0.353. The van der Waals surface area contributed by atoms with Gasteiger partial charge in [-0.2, -0.15) is 0 Å². The molecule has 0 amide bonds. The summed E-state index contributed by atoms with van der Waals surface area (Å²) in [5.74, 6) is 0.0697. The van der Waals surface area contributed by atoms with Crippen LogP contribution in [0.5, 0.6) is 0 Å². The van der Waals surface area contributed by atoms with Gasteiger partial charge in [0.2, 0.25) is 10.0 Å². The zero-order valence-electron chi connectivity index (χ0n) is 13.5. The number of aromatic nitrogens is 1. The number of benzene rings is 1. The minimum atomic E-state index is -3.22. The molecule has 2 aromatic rings. The van der Waals surface area contributed by atoms with Gasteiger partial charge in [0.15, 0.2) is 0 Å². The Morgan fingerprint density at radius 1 is 1.13 bits per heavy atom. The molecule has 2 rings (SSSR count). The van der Waals surface area contributed by atoms with Gasteiger partial charge < -0.3 is 5.32 Å². The highest BCUT2D eigenvalue weighted by Crippen LogP contribution is 2.17. The first-order valence-corrected chi connectivity index (χ1v) is 9.39. The van der Waals surface area contributed by atoms with E-state index in [1.54, 1.807) is 25.3 Å². The van der Waals surface area contributed by atoms with Crippen molar-refractivity contribution in [2.45, 2.75) is 26.3 Å². The topological polar surface area (TPSA) is 71.1 Å². The molecule has 1 atom stereocenters. The summed E-state index contributed by atoms with van der Waals surface area (Å²) in [4.78, 5) is 4.30. The normalized spacial score (nSPS) is 12.8. The van der Waals surface area contributed by atoms with Crippen LogP contribution in [0.2, 0.25) is 0 Å². The van der Waals surface area contributed by atoms with Gasteiger partial charge in [0.1, 0.15) is 0 Å². The zero-order chi connectivity index (χ0) is 16.7. The highest BCUT2D eigenvalue weighted by Gasteiger charge is 2.08. The van der Waals surface area contributed by atoms with Crippen LogP contribution in [0.15, 0.2) is 48.7 Å². The van der Waals surface area contributed by atoms with E-state index in [9.17, 15) is 8.42 Å². The highest BCUT2D eigenvalue weighted by atomic mass is 32.2. The number of hydrogen-bond donors (Lipinski definition) is 2. The SMILES string of the molecule is CCS(=O)(=O)Nc1ccc([C@@H](C)NCCc2ccccn2)cc1. The molecular weight excluding hydrogens is 310 g/mol. The van der Waals surface area contributed by atoms with Gasteiger partial charge in [-0.3, -0.25) is 9.71 Å². The maximum absolute atomic E-state index is 11.5. The van der Waals surface area contributed by atoms with Crippen LogP contribution in [0.4, 0.5) is 5.69 Å². The molecule has 0 unspecified atom stereocenters. The standard InChI is InChI=1S/C17H23N3O2S/c1-3-23(21,22)20-17-9-7-15(8-10-17)14(2)18-13-11-16-6-4-5-12-19-16/h4-10,12,14,18,20H,3,11,13H2,1-2H3/t14-/m1/s1. The monoisotopic (exact) mass is 333 g/mol. The Bertz CT molecular complexity index is 700. The molecule has 0 bridgehead atoms. The van der Waals surface area contributed by atoms with Crippen molar-refractivity contribution in [1.82, 2.24) is 10.3 Å². The Morgan fingerprint density at radius 3 is 2.48 bits per heavy atom.